The molecule has 0 saturated carbocycles. The molecule has 1 saturated heterocycles. The minimum absolute atomic E-state index is 0.0187. The first-order valence-corrected chi connectivity index (χ1v) is 14.2. The fourth-order valence-electron chi connectivity index (χ4n) is 4.48. The van der Waals surface area contributed by atoms with Gasteiger partial charge in [-0.3, -0.25) is 13.5 Å². The van der Waals surface area contributed by atoms with Crippen molar-refractivity contribution in [3.05, 3.63) is 66.6 Å². The zero-order valence-corrected chi connectivity index (χ0v) is 23.2. The summed E-state index contributed by atoms with van der Waals surface area (Å²) in [6.45, 7) is -0.778. The monoisotopic (exact) mass is 624 g/mol. The summed E-state index contributed by atoms with van der Waals surface area (Å²) in [6, 6.07) is 12.3. The van der Waals surface area contributed by atoms with Crippen LogP contribution in [0.4, 0.5) is 11.5 Å². The minimum Gasteiger partial charge on any atom is -0.507 e. The largest absolute Gasteiger partial charge is 0.507 e. The number of aliphatic hydroxyl groups excluding tert-OH is 2. The van der Waals surface area contributed by atoms with Crippen molar-refractivity contribution in [2.75, 3.05) is 18.1 Å². The first kappa shape index (κ1) is 28.9. The number of nitrogens with two attached hydrogens (primary N) is 2. The number of aliphatic hydroxyl groups is 2. The average Bonchev–Trinajstić information content (AvgIpc) is 3.71. The van der Waals surface area contributed by atoms with Crippen molar-refractivity contribution < 1.29 is 37.5 Å². The second-order valence-corrected chi connectivity index (χ2v) is 11.0. The number of anilines is 2. The van der Waals surface area contributed by atoms with Crippen molar-refractivity contribution >= 4 is 38.9 Å². The lowest BCUT2D eigenvalue weighted by Crippen LogP contribution is -2.37. The molecule has 2 aromatic carbocycles. The van der Waals surface area contributed by atoms with E-state index >= 15 is 0 Å². The summed E-state index contributed by atoms with van der Waals surface area (Å²) in [4.78, 5) is 25.1. The highest BCUT2D eigenvalue weighted by Gasteiger charge is 2.45. The van der Waals surface area contributed by atoms with Gasteiger partial charge in [0.1, 0.15) is 35.3 Å². The van der Waals surface area contributed by atoms with E-state index in [1.165, 1.54) is 39.8 Å². The number of aromatic hydroxyl groups is 1. The van der Waals surface area contributed by atoms with Gasteiger partial charge in [0, 0.05) is 11.3 Å². The number of para-hydroxylation sites is 1. The van der Waals surface area contributed by atoms with Crippen molar-refractivity contribution in [2.24, 2.45) is 0 Å². The van der Waals surface area contributed by atoms with Crippen LogP contribution in [0.1, 0.15) is 16.6 Å². The zero-order valence-electron chi connectivity index (χ0n) is 22.4. The minimum atomic E-state index is -4.70. The maximum absolute atomic E-state index is 12.4. The third kappa shape index (κ3) is 5.47. The van der Waals surface area contributed by atoms with E-state index in [-0.39, 0.29) is 28.5 Å². The Balaban J connectivity index is 1.20. The molecule has 0 aliphatic carbocycles. The van der Waals surface area contributed by atoms with Gasteiger partial charge in [0.05, 0.1) is 24.7 Å². The molecule has 0 bridgehead atoms. The fraction of sp³-hybridized carbons (Fsp3) is 0.200. The zero-order chi connectivity index (χ0) is 31.2. The van der Waals surface area contributed by atoms with Gasteiger partial charge in [-0.2, -0.15) is 23.1 Å². The van der Waals surface area contributed by atoms with Gasteiger partial charge in [-0.25, -0.2) is 9.71 Å². The van der Waals surface area contributed by atoms with E-state index in [1.54, 1.807) is 35.2 Å². The number of fused-ring (bicyclic) bond motifs is 1. The van der Waals surface area contributed by atoms with Gasteiger partial charge in [-0.05, 0) is 24.3 Å². The number of ether oxygens (including phenoxy) is 1. The van der Waals surface area contributed by atoms with Crippen LogP contribution in [0.5, 0.6) is 5.75 Å². The van der Waals surface area contributed by atoms with Crippen molar-refractivity contribution in [2.45, 2.75) is 24.5 Å². The molecule has 0 unspecified atom stereocenters. The molecule has 5 aromatic rings. The SMILES string of the molecule is Nc1ccc(-c2cn(-c3nc(N)c4ncn([C@H]5O[C@@H](COS(=O)(=O)NC(=O)c6ccccc6O)[C@H](O)[C@@H]5O)c4n3)nn2)cc1. The van der Waals surface area contributed by atoms with E-state index in [4.69, 9.17) is 20.4 Å². The second-order valence-electron chi connectivity index (χ2n) is 9.64. The van der Waals surface area contributed by atoms with Crippen LogP contribution in [0, 0.1) is 0 Å². The Morgan fingerprint density at radius 3 is 2.57 bits per heavy atom. The Kier molecular flexibility index (Phi) is 7.31. The van der Waals surface area contributed by atoms with Crippen molar-refractivity contribution in [3.8, 4) is 23.0 Å². The number of nitrogen functional groups attached to an aromatic ring is 2. The maximum atomic E-state index is 12.4. The van der Waals surface area contributed by atoms with Gasteiger partial charge in [0.15, 0.2) is 17.7 Å². The number of nitrogens with one attached hydrogen (secondary N) is 1. The third-order valence-corrected chi connectivity index (χ3v) is 7.59. The van der Waals surface area contributed by atoms with E-state index in [2.05, 4.69) is 25.3 Å². The van der Waals surface area contributed by atoms with Crippen molar-refractivity contribution in [3.63, 3.8) is 0 Å². The molecule has 18 nitrogen and oxygen atoms in total. The summed E-state index contributed by atoms with van der Waals surface area (Å²) in [7, 11) is -4.70. The molecule has 8 N–H and O–H groups in total. The number of nitrogens with zero attached hydrogens (tertiary/aromatic N) is 7. The predicted octanol–water partition coefficient (Wildman–Crippen LogP) is -0.745. The highest BCUT2D eigenvalue weighted by Crippen LogP contribution is 2.33. The molecule has 228 valence electrons. The van der Waals surface area contributed by atoms with Crippen LogP contribution in [0.2, 0.25) is 0 Å². The summed E-state index contributed by atoms with van der Waals surface area (Å²) in [5.41, 5.74) is 13.7. The number of hydrogen-bond acceptors (Lipinski definition) is 15. The van der Waals surface area contributed by atoms with Crippen molar-refractivity contribution in [1.29, 1.82) is 0 Å². The normalized spacial score (nSPS) is 20.2. The number of phenols is 1. The molecule has 3 aromatic heterocycles. The smallest absolute Gasteiger partial charge is 0.362 e. The number of hydrogen-bond donors (Lipinski definition) is 6. The van der Waals surface area contributed by atoms with Crippen LogP contribution >= 0.6 is 0 Å². The van der Waals surface area contributed by atoms with Gasteiger partial charge in [0.25, 0.3) is 11.9 Å². The Hall–Kier alpha value is -5.21. The van der Waals surface area contributed by atoms with E-state index in [9.17, 15) is 28.5 Å². The number of amides is 1. The predicted molar refractivity (Wildman–Crippen MR) is 151 cm³/mol. The molecule has 1 aliphatic heterocycles. The maximum Gasteiger partial charge on any atom is 0.362 e. The molecular weight excluding hydrogens is 600 g/mol. The lowest BCUT2D eigenvalue weighted by atomic mass is 10.1. The highest BCUT2D eigenvalue weighted by molar-refractivity contribution is 7.85. The molecule has 19 heteroatoms. The Bertz CT molecular complexity index is 1960. The van der Waals surface area contributed by atoms with Crippen LogP contribution in [-0.4, -0.2) is 89.1 Å². The number of benzene rings is 2. The van der Waals surface area contributed by atoms with Crippen LogP contribution < -0.4 is 16.2 Å². The molecule has 1 aliphatic rings. The molecule has 4 atom stereocenters. The Morgan fingerprint density at radius 1 is 1.07 bits per heavy atom. The Morgan fingerprint density at radius 2 is 1.82 bits per heavy atom. The number of rotatable bonds is 8. The molecule has 44 heavy (non-hydrogen) atoms. The quantitative estimate of drug-likeness (QED) is 0.116. The van der Waals surface area contributed by atoms with Gasteiger partial charge in [0.2, 0.25) is 0 Å². The van der Waals surface area contributed by atoms with Crippen molar-refractivity contribution in [1.82, 2.24) is 39.2 Å². The molecule has 1 amide bonds. The molecule has 0 spiro atoms. The lowest BCUT2D eigenvalue weighted by Gasteiger charge is -2.16. The second kappa shape index (κ2) is 11.1. The fourth-order valence-corrected chi connectivity index (χ4v) is 5.19. The van der Waals surface area contributed by atoms with E-state index in [1.807, 2.05) is 0 Å². The number of aromatic nitrogens is 7. The summed E-state index contributed by atoms with van der Waals surface area (Å²) < 4.78 is 39.5. The first-order chi connectivity index (χ1) is 21.0. The van der Waals surface area contributed by atoms with Crippen LogP contribution in [0.25, 0.3) is 28.4 Å². The summed E-state index contributed by atoms with van der Waals surface area (Å²) >= 11 is 0. The summed E-state index contributed by atoms with van der Waals surface area (Å²) in [5, 5.41) is 39.4. The number of carbonyl (C=O) groups is 1. The van der Waals surface area contributed by atoms with Gasteiger partial charge >= 0.3 is 10.3 Å². The first-order valence-electron chi connectivity index (χ1n) is 12.8. The van der Waals surface area contributed by atoms with E-state index in [0.29, 0.717) is 11.4 Å². The van der Waals surface area contributed by atoms with E-state index < -0.39 is 53.1 Å². The topological polar surface area (TPSA) is 269 Å². The van der Waals surface area contributed by atoms with Gasteiger partial charge in [-0.1, -0.05) is 29.5 Å². The molecule has 0 radical (unpaired) electrons. The van der Waals surface area contributed by atoms with E-state index in [0.717, 1.165) is 5.56 Å². The standard InChI is InChI=1S/C25H24N10O8S/c26-13-7-5-12(6-8-13)15-9-35(33-31-15)25-29-21(27)18-22(30-25)34(11-28-18)24-20(38)19(37)17(43-24)10-42-44(40,41)32-23(39)14-3-1-2-4-16(14)36/h1-9,11,17,19-20,24,36-38H,10,26H2,(H,32,39)(H2,27,29,30)/t17-,19-,20-,24-/m0/s1. The number of imidazole rings is 1. The van der Waals surface area contributed by atoms with Crippen LogP contribution in [0.3, 0.4) is 0 Å². The molecular formula is C25H24N10O8S. The van der Waals surface area contributed by atoms with Crippen LogP contribution in [0.15, 0.2) is 61.1 Å². The highest BCUT2D eigenvalue weighted by atomic mass is 32.2. The summed E-state index contributed by atoms with van der Waals surface area (Å²) in [6.07, 6.45) is -3.02. The molecule has 1 fully saturated rings. The van der Waals surface area contributed by atoms with Gasteiger partial charge < -0.3 is 31.5 Å². The summed E-state index contributed by atoms with van der Waals surface area (Å²) in [5.74, 6) is -1.58. The Labute approximate surface area is 247 Å². The number of carbonyl (C=O) groups excluding carboxylic acids is 1. The average molecular weight is 625 g/mol. The lowest BCUT2D eigenvalue weighted by molar-refractivity contribution is -0.0468. The third-order valence-electron chi connectivity index (χ3n) is 6.71. The molecule has 4 heterocycles. The van der Waals surface area contributed by atoms with Crippen LogP contribution in [-0.2, 0) is 19.2 Å². The van der Waals surface area contributed by atoms with Gasteiger partial charge in [-0.15, -0.1) is 5.10 Å². The number of phenolic OH excluding ortho intramolecular Hbond substituents is 1. The molecule has 6 rings (SSSR count).